The lowest BCUT2D eigenvalue weighted by Gasteiger charge is -1.85. The molecule has 0 spiro atoms. The van der Waals surface area contributed by atoms with Gasteiger partial charge in [-0.05, 0) is 12.5 Å². The number of ketones is 1. The van der Waals surface area contributed by atoms with E-state index >= 15 is 0 Å². The molecule has 0 rings (SSSR count). The summed E-state index contributed by atoms with van der Waals surface area (Å²) in [7, 11) is 0. The molecule has 3 nitrogen and oxygen atoms in total. The maximum absolute atomic E-state index is 10.5. The molecular weight excluding hydrogens is 132 g/mol. The third kappa shape index (κ3) is 5.03. The van der Waals surface area contributed by atoms with Crippen LogP contribution in [0.4, 0.5) is 0 Å². The first-order chi connectivity index (χ1) is 4.66. The normalized spacial score (nSPS) is 10.1. The Morgan fingerprint density at radius 2 is 2.10 bits per heavy atom. The highest BCUT2D eigenvalue weighted by Crippen LogP contribution is 1.87. The Morgan fingerprint density at radius 3 is 2.50 bits per heavy atom. The number of rotatable bonds is 4. The van der Waals surface area contributed by atoms with E-state index in [1.165, 1.54) is 6.08 Å². The van der Waals surface area contributed by atoms with Crippen molar-refractivity contribution in [3.05, 3.63) is 12.2 Å². The summed E-state index contributed by atoms with van der Waals surface area (Å²) in [5.74, 6) is -1.43. The zero-order valence-electron chi connectivity index (χ0n) is 5.83. The lowest BCUT2D eigenvalue weighted by atomic mass is 10.2. The number of carboxylic acids is 1. The Balaban J connectivity index is 3.64. The first-order valence-corrected chi connectivity index (χ1v) is 3.08. The van der Waals surface area contributed by atoms with Crippen molar-refractivity contribution in [2.24, 2.45) is 0 Å². The summed E-state index contributed by atoms with van der Waals surface area (Å²) in [6.45, 7) is 1.88. The summed E-state index contributed by atoms with van der Waals surface area (Å²) < 4.78 is 0. The molecule has 0 fully saturated rings. The molecule has 10 heavy (non-hydrogen) atoms. The SMILES string of the molecule is CCC=CC(=O)CC(=O)O. The van der Waals surface area contributed by atoms with E-state index in [1.54, 1.807) is 6.08 Å². The average molecular weight is 142 g/mol. The van der Waals surface area contributed by atoms with Crippen molar-refractivity contribution in [2.45, 2.75) is 19.8 Å². The van der Waals surface area contributed by atoms with Crippen molar-refractivity contribution in [3.63, 3.8) is 0 Å². The van der Waals surface area contributed by atoms with E-state index in [0.29, 0.717) is 0 Å². The van der Waals surface area contributed by atoms with Crippen LogP contribution in [-0.4, -0.2) is 16.9 Å². The predicted molar refractivity (Wildman–Crippen MR) is 36.7 cm³/mol. The van der Waals surface area contributed by atoms with Crippen LogP contribution in [0.3, 0.4) is 0 Å². The van der Waals surface area contributed by atoms with Gasteiger partial charge in [0, 0.05) is 0 Å². The van der Waals surface area contributed by atoms with Crippen LogP contribution >= 0.6 is 0 Å². The van der Waals surface area contributed by atoms with Crippen molar-refractivity contribution < 1.29 is 14.7 Å². The van der Waals surface area contributed by atoms with Crippen molar-refractivity contribution in [3.8, 4) is 0 Å². The van der Waals surface area contributed by atoms with Crippen LogP contribution in [0.2, 0.25) is 0 Å². The monoisotopic (exact) mass is 142 g/mol. The number of hydrogen-bond acceptors (Lipinski definition) is 2. The second-order valence-corrected chi connectivity index (χ2v) is 1.85. The molecule has 0 bridgehead atoms. The molecule has 56 valence electrons. The highest BCUT2D eigenvalue weighted by atomic mass is 16.4. The second kappa shape index (κ2) is 4.73. The van der Waals surface area contributed by atoms with Crippen LogP contribution in [0.15, 0.2) is 12.2 Å². The summed E-state index contributed by atoms with van der Waals surface area (Å²) in [6.07, 6.45) is 3.29. The topological polar surface area (TPSA) is 54.4 Å². The van der Waals surface area contributed by atoms with Gasteiger partial charge in [-0.15, -0.1) is 0 Å². The van der Waals surface area contributed by atoms with Crippen LogP contribution in [0, 0.1) is 0 Å². The van der Waals surface area contributed by atoms with Gasteiger partial charge in [0.2, 0.25) is 0 Å². The molecule has 0 aromatic heterocycles. The standard InChI is InChI=1S/C7H10O3/c1-2-3-4-6(8)5-7(9)10/h3-4H,2,5H2,1H3,(H,9,10). The quantitative estimate of drug-likeness (QED) is 0.470. The number of carbonyl (C=O) groups is 2. The van der Waals surface area contributed by atoms with Crippen molar-refractivity contribution >= 4 is 11.8 Å². The minimum atomic E-state index is -1.08. The van der Waals surface area contributed by atoms with Gasteiger partial charge >= 0.3 is 5.97 Å². The van der Waals surface area contributed by atoms with Crippen LogP contribution in [0.25, 0.3) is 0 Å². The van der Waals surface area contributed by atoms with Crippen LogP contribution < -0.4 is 0 Å². The summed E-state index contributed by atoms with van der Waals surface area (Å²) in [5, 5.41) is 8.13. The van der Waals surface area contributed by atoms with Crippen LogP contribution in [0.1, 0.15) is 19.8 Å². The smallest absolute Gasteiger partial charge is 0.311 e. The molecule has 0 aliphatic heterocycles. The molecule has 0 radical (unpaired) electrons. The Hall–Kier alpha value is -1.12. The molecule has 0 saturated heterocycles. The minimum absolute atomic E-state index is 0.352. The molecule has 0 saturated carbocycles. The van der Waals surface area contributed by atoms with Crippen molar-refractivity contribution in [2.75, 3.05) is 0 Å². The van der Waals surface area contributed by atoms with Gasteiger partial charge in [0.1, 0.15) is 6.42 Å². The average Bonchev–Trinajstić information content (AvgIpc) is 1.82. The van der Waals surface area contributed by atoms with E-state index in [-0.39, 0.29) is 5.78 Å². The van der Waals surface area contributed by atoms with E-state index in [9.17, 15) is 9.59 Å². The maximum atomic E-state index is 10.5. The van der Waals surface area contributed by atoms with E-state index in [4.69, 9.17) is 5.11 Å². The molecule has 0 aliphatic rings. The number of hydrogen-bond donors (Lipinski definition) is 1. The second-order valence-electron chi connectivity index (χ2n) is 1.85. The molecule has 0 atom stereocenters. The molecule has 0 aromatic carbocycles. The first-order valence-electron chi connectivity index (χ1n) is 3.08. The number of carboxylic acid groups (broad SMARTS) is 1. The fourth-order valence-corrected chi connectivity index (χ4v) is 0.457. The van der Waals surface area contributed by atoms with Crippen LogP contribution in [-0.2, 0) is 9.59 Å². The molecular formula is C7H10O3. The van der Waals surface area contributed by atoms with Gasteiger partial charge in [-0.3, -0.25) is 9.59 Å². The molecule has 1 N–H and O–H groups in total. The lowest BCUT2D eigenvalue weighted by Crippen LogP contribution is -2.02. The Labute approximate surface area is 59.4 Å². The van der Waals surface area contributed by atoms with Crippen molar-refractivity contribution in [1.82, 2.24) is 0 Å². The van der Waals surface area contributed by atoms with Gasteiger partial charge < -0.3 is 5.11 Å². The maximum Gasteiger partial charge on any atom is 0.311 e. The number of allylic oxidation sites excluding steroid dienone is 2. The number of carbonyl (C=O) groups excluding carboxylic acids is 1. The fourth-order valence-electron chi connectivity index (χ4n) is 0.457. The Bertz CT molecular complexity index is 158. The molecule has 0 aromatic rings. The Kier molecular flexibility index (Phi) is 4.20. The van der Waals surface area contributed by atoms with Gasteiger partial charge in [-0.2, -0.15) is 0 Å². The highest BCUT2D eigenvalue weighted by Gasteiger charge is 2.01. The number of aliphatic carboxylic acids is 1. The molecule has 0 aliphatic carbocycles. The summed E-state index contributed by atoms with van der Waals surface area (Å²) in [4.78, 5) is 20.5. The van der Waals surface area contributed by atoms with Gasteiger partial charge in [0.15, 0.2) is 5.78 Å². The predicted octanol–water partition coefficient (Wildman–Crippen LogP) is 0.996. The lowest BCUT2D eigenvalue weighted by molar-refractivity contribution is -0.139. The fraction of sp³-hybridized carbons (Fsp3) is 0.429. The zero-order valence-corrected chi connectivity index (χ0v) is 5.83. The van der Waals surface area contributed by atoms with E-state index in [1.807, 2.05) is 6.92 Å². The minimum Gasteiger partial charge on any atom is -0.481 e. The van der Waals surface area contributed by atoms with Gasteiger partial charge in [-0.25, -0.2) is 0 Å². The summed E-state index contributed by atoms with van der Waals surface area (Å²) in [6, 6.07) is 0. The largest absolute Gasteiger partial charge is 0.481 e. The molecule has 0 amide bonds. The molecule has 3 heteroatoms. The Morgan fingerprint density at radius 1 is 1.50 bits per heavy atom. The molecule has 0 heterocycles. The first kappa shape index (κ1) is 8.88. The zero-order chi connectivity index (χ0) is 7.98. The summed E-state index contributed by atoms with van der Waals surface area (Å²) >= 11 is 0. The van der Waals surface area contributed by atoms with Crippen molar-refractivity contribution in [1.29, 1.82) is 0 Å². The van der Waals surface area contributed by atoms with Gasteiger partial charge in [-0.1, -0.05) is 13.0 Å². The van der Waals surface area contributed by atoms with Crippen LogP contribution in [0.5, 0.6) is 0 Å². The third-order valence-electron chi connectivity index (χ3n) is 0.865. The van der Waals surface area contributed by atoms with Gasteiger partial charge in [0.25, 0.3) is 0 Å². The highest BCUT2D eigenvalue weighted by molar-refractivity contribution is 6.01. The van der Waals surface area contributed by atoms with E-state index in [0.717, 1.165) is 6.42 Å². The van der Waals surface area contributed by atoms with Gasteiger partial charge in [0.05, 0.1) is 0 Å². The van der Waals surface area contributed by atoms with E-state index < -0.39 is 12.4 Å². The van der Waals surface area contributed by atoms with E-state index in [2.05, 4.69) is 0 Å². The molecule has 0 unspecified atom stereocenters. The third-order valence-corrected chi connectivity index (χ3v) is 0.865. The summed E-state index contributed by atoms with van der Waals surface area (Å²) in [5.41, 5.74) is 0.